The Labute approximate surface area is 139 Å². The zero-order chi connectivity index (χ0) is 16.2. The highest BCUT2D eigenvalue weighted by molar-refractivity contribution is 6.30. The van der Waals surface area contributed by atoms with Gasteiger partial charge in [0.25, 0.3) is 0 Å². The van der Waals surface area contributed by atoms with Crippen LogP contribution >= 0.6 is 11.6 Å². The first-order valence-electron chi connectivity index (χ1n) is 7.36. The Bertz CT molecular complexity index is 826. The monoisotopic (exact) mass is 328 g/mol. The van der Waals surface area contributed by atoms with Crippen LogP contribution in [0.3, 0.4) is 0 Å². The number of pyridine rings is 1. The van der Waals surface area contributed by atoms with Gasteiger partial charge in [-0.15, -0.1) is 0 Å². The van der Waals surface area contributed by atoms with Gasteiger partial charge in [-0.1, -0.05) is 17.7 Å². The minimum atomic E-state index is -0.243. The van der Waals surface area contributed by atoms with E-state index in [4.69, 9.17) is 11.6 Å². The lowest BCUT2D eigenvalue weighted by atomic mass is 10.3. The second kappa shape index (κ2) is 6.71. The second-order valence-corrected chi connectivity index (χ2v) is 5.70. The van der Waals surface area contributed by atoms with Crippen LogP contribution in [0.4, 0.5) is 10.5 Å². The Morgan fingerprint density at radius 1 is 1.22 bits per heavy atom. The molecule has 1 aromatic carbocycles. The zero-order valence-electron chi connectivity index (χ0n) is 12.7. The molecule has 0 aliphatic rings. The summed E-state index contributed by atoms with van der Waals surface area (Å²) in [5.41, 5.74) is 3.71. The molecule has 0 atom stereocenters. The van der Waals surface area contributed by atoms with Crippen molar-refractivity contribution in [1.82, 2.24) is 14.7 Å². The molecule has 118 valence electrons. The van der Waals surface area contributed by atoms with Gasteiger partial charge in [-0.25, -0.2) is 9.78 Å². The van der Waals surface area contributed by atoms with E-state index >= 15 is 0 Å². The van der Waals surface area contributed by atoms with Crippen molar-refractivity contribution in [3.05, 3.63) is 65.1 Å². The van der Waals surface area contributed by atoms with Gasteiger partial charge < -0.3 is 15.0 Å². The number of carbonyl (C=O) groups is 1. The highest BCUT2D eigenvalue weighted by atomic mass is 35.5. The molecule has 0 bridgehead atoms. The number of fused-ring (bicyclic) bond motifs is 1. The number of aromatic nitrogens is 2. The van der Waals surface area contributed by atoms with Crippen molar-refractivity contribution in [2.75, 3.05) is 11.9 Å². The molecule has 0 aliphatic heterocycles. The number of aryl methyl sites for hydroxylation is 1. The topological polar surface area (TPSA) is 58.4 Å². The van der Waals surface area contributed by atoms with Gasteiger partial charge in [-0.05, 0) is 43.3 Å². The fraction of sp³-hybridized carbons (Fsp3) is 0.176. The van der Waals surface area contributed by atoms with Crippen LogP contribution in [0.15, 0.2) is 48.7 Å². The Morgan fingerprint density at radius 2 is 2.00 bits per heavy atom. The van der Waals surface area contributed by atoms with Crippen LogP contribution in [0.2, 0.25) is 5.02 Å². The summed E-state index contributed by atoms with van der Waals surface area (Å²) in [6.07, 6.45) is 2.68. The number of benzene rings is 1. The third kappa shape index (κ3) is 3.81. The minimum Gasteiger partial charge on any atom is -0.337 e. The lowest BCUT2D eigenvalue weighted by molar-refractivity contribution is 0.252. The summed E-state index contributed by atoms with van der Waals surface area (Å²) in [6, 6.07) is 12.7. The van der Waals surface area contributed by atoms with E-state index in [1.807, 2.05) is 35.7 Å². The molecule has 23 heavy (non-hydrogen) atoms. The highest BCUT2D eigenvalue weighted by Crippen LogP contribution is 2.13. The normalized spacial score (nSPS) is 10.7. The summed E-state index contributed by atoms with van der Waals surface area (Å²) in [5, 5.41) is 6.21. The maximum atomic E-state index is 11.8. The lowest BCUT2D eigenvalue weighted by Gasteiger charge is -2.06. The van der Waals surface area contributed by atoms with Crippen LogP contribution in [0.5, 0.6) is 0 Å². The molecule has 3 aromatic rings. The van der Waals surface area contributed by atoms with Gasteiger partial charge in [-0.2, -0.15) is 0 Å². The van der Waals surface area contributed by atoms with E-state index < -0.39 is 0 Å². The van der Waals surface area contributed by atoms with E-state index in [0.29, 0.717) is 23.7 Å². The van der Waals surface area contributed by atoms with Crippen molar-refractivity contribution in [2.24, 2.45) is 0 Å². The van der Waals surface area contributed by atoms with Gasteiger partial charge in [0, 0.05) is 35.6 Å². The molecule has 0 unspecified atom stereocenters. The number of urea groups is 1. The fourth-order valence-electron chi connectivity index (χ4n) is 2.33. The molecule has 5 nitrogen and oxygen atoms in total. The number of amides is 2. The number of nitrogens with zero attached hydrogens (tertiary/aromatic N) is 2. The van der Waals surface area contributed by atoms with Gasteiger partial charge in [-0.3, -0.25) is 0 Å². The Hall–Kier alpha value is -2.53. The number of rotatable bonds is 4. The first kappa shape index (κ1) is 15.4. The van der Waals surface area contributed by atoms with Crippen molar-refractivity contribution < 1.29 is 4.79 Å². The number of hydrogen-bond donors (Lipinski definition) is 2. The molecule has 6 heteroatoms. The average molecular weight is 329 g/mol. The number of carbonyl (C=O) groups excluding carboxylic acids is 1. The van der Waals surface area contributed by atoms with Crippen molar-refractivity contribution >= 4 is 29.0 Å². The van der Waals surface area contributed by atoms with E-state index in [1.54, 1.807) is 24.3 Å². The summed E-state index contributed by atoms with van der Waals surface area (Å²) < 4.78 is 2.04. The second-order valence-electron chi connectivity index (χ2n) is 5.27. The molecule has 0 aliphatic carbocycles. The van der Waals surface area contributed by atoms with Crippen molar-refractivity contribution in [3.63, 3.8) is 0 Å². The van der Waals surface area contributed by atoms with Crippen LogP contribution in [-0.2, 0) is 6.42 Å². The molecule has 2 aromatic heterocycles. The van der Waals surface area contributed by atoms with E-state index in [9.17, 15) is 4.79 Å². The van der Waals surface area contributed by atoms with Crippen molar-refractivity contribution in [3.8, 4) is 0 Å². The Balaban J connectivity index is 1.53. The predicted molar refractivity (Wildman–Crippen MR) is 92.1 cm³/mol. The largest absolute Gasteiger partial charge is 0.337 e. The summed E-state index contributed by atoms with van der Waals surface area (Å²) in [6.45, 7) is 2.55. The predicted octanol–water partition coefficient (Wildman–Crippen LogP) is 3.66. The summed E-state index contributed by atoms with van der Waals surface area (Å²) in [5.74, 6) is 0. The molecule has 0 saturated heterocycles. The number of halogens is 1. The SMILES string of the molecule is Cc1cccc2nc(CCNC(=O)Nc3ccc(Cl)cc3)cn12. The molecule has 0 spiro atoms. The standard InChI is InChI=1S/C17H17ClN4O/c1-12-3-2-4-16-20-15(11-22(12)16)9-10-19-17(23)21-14-7-5-13(18)6-8-14/h2-8,11H,9-10H2,1H3,(H2,19,21,23). The number of anilines is 1. The maximum Gasteiger partial charge on any atom is 0.319 e. The molecule has 0 saturated carbocycles. The molecule has 0 radical (unpaired) electrons. The third-order valence-corrected chi connectivity index (χ3v) is 3.77. The molecule has 3 rings (SSSR count). The summed E-state index contributed by atoms with van der Waals surface area (Å²) in [4.78, 5) is 16.4. The Kier molecular flexibility index (Phi) is 4.48. The number of hydrogen-bond acceptors (Lipinski definition) is 2. The van der Waals surface area contributed by atoms with Crippen LogP contribution in [0, 0.1) is 6.92 Å². The Morgan fingerprint density at radius 3 is 2.74 bits per heavy atom. The van der Waals surface area contributed by atoms with Gasteiger partial charge in [0.1, 0.15) is 5.65 Å². The van der Waals surface area contributed by atoms with E-state index in [1.165, 1.54) is 0 Å². The smallest absolute Gasteiger partial charge is 0.319 e. The average Bonchev–Trinajstić information content (AvgIpc) is 2.94. The van der Waals surface area contributed by atoms with Crippen LogP contribution in [0.25, 0.3) is 5.65 Å². The van der Waals surface area contributed by atoms with Crippen LogP contribution < -0.4 is 10.6 Å². The van der Waals surface area contributed by atoms with E-state index in [-0.39, 0.29) is 6.03 Å². The van der Waals surface area contributed by atoms with E-state index in [2.05, 4.69) is 15.6 Å². The number of imidazole rings is 1. The molecule has 2 heterocycles. The van der Waals surface area contributed by atoms with Crippen molar-refractivity contribution in [1.29, 1.82) is 0 Å². The molecule has 2 N–H and O–H groups in total. The van der Waals surface area contributed by atoms with Crippen LogP contribution in [-0.4, -0.2) is 22.0 Å². The molecule has 2 amide bonds. The number of nitrogens with one attached hydrogen (secondary N) is 2. The minimum absolute atomic E-state index is 0.243. The van der Waals surface area contributed by atoms with Gasteiger partial charge >= 0.3 is 6.03 Å². The molecule has 0 fully saturated rings. The quantitative estimate of drug-likeness (QED) is 0.768. The third-order valence-electron chi connectivity index (χ3n) is 3.51. The van der Waals surface area contributed by atoms with Crippen LogP contribution in [0.1, 0.15) is 11.4 Å². The van der Waals surface area contributed by atoms with Crippen molar-refractivity contribution in [2.45, 2.75) is 13.3 Å². The maximum absolute atomic E-state index is 11.8. The summed E-state index contributed by atoms with van der Waals surface area (Å²) >= 11 is 5.81. The van der Waals surface area contributed by atoms with Gasteiger partial charge in [0.15, 0.2) is 0 Å². The molecular formula is C17H17ClN4O. The summed E-state index contributed by atoms with van der Waals surface area (Å²) in [7, 11) is 0. The van der Waals surface area contributed by atoms with E-state index in [0.717, 1.165) is 17.0 Å². The molecular weight excluding hydrogens is 312 g/mol. The first-order chi connectivity index (χ1) is 11.1. The first-order valence-corrected chi connectivity index (χ1v) is 7.73. The lowest BCUT2D eigenvalue weighted by Crippen LogP contribution is -2.30. The highest BCUT2D eigenvalue weighted by Gasteiger charge is 2.05. The fourth-order valence-corrected chi connectivity index (χ4v) is 2.46. The zero-order valence-corrected chi connectivity index (χ0v) is 13.5. The van der Waals surface area contributed by atoms with Gasteiger partial charge in [0.2, 0.25) is 0 Å². The van der Waals surface area contributed by atoms with Gasteiger partial charge in [0.05, 0.1) is 5.69 Å².